The summed E-state index contributed by atoms with van der Waals surface area (Å²) < 4.78 is 67.0. The highest BCUT2D eigenvalue weighted by atomic mass is 32.2. The number of hydrogen-bond donors (Lipinski definition) is 3. The number of amides is 3. The molecule has 0 aliphatic carbocycles. The third kappa shape index (κ3) is 11.1. The number of likely N-dealkylation sites (N-methyl/N-ethyl adjacent to an activating group) is 1. The van der Waals surface area contributed by atoms with Gasteiger partial charge in [0.1, 0.15) is 18.4 Å². The third-order valence-electron chi connectivity index (χ3n) is 9.50. The Labute approximate surface area is 323 Å². The molecule has 0 bridgehead atoms. The zero-order valence-electron chi connectivity index (χ0n) is 30.7. The number of carboxylic acids is 1. The minimum Gasteiger partial charge on any atom is -0.489 e. The van der Waals surface area contributed by atoms with Crippen LogP contribution in [0.1, 0.15) is 25.3 Å². The van der Waals surface area contributed by atoms with Crippen molar-refractivity contribution in [1.82, 2.24) is 19.4 Å². The number of nitrogens with one attached hydrogen (secondary N) is 2. The number of halogens is 3. The average Bonchev–Trinajstić information content (AvgIpc) is 3.68. The van der Waals surface area contributed by atoms with Gasteiger partial charge in [0.05, 0.1) is 4.90 Å². The van der Waals surface area contributed by atoms with Gasteiger partial charge in [0.25, 0.3) is 0 Å². The number of likely N-dealkylation sites (tertiary alicyclic amines) is 1. The number of anilines is 1. The van der Waals surface area contributed by atoms with Gasteiger partial charge in [0.15, 0.2) is 0 Å². The molecule has 298 valence electrons. The van der Waals surface area contributed by atoms with E-state index in [1.807, 2.05) is 60.7 Å². The van der Waals surface area contributed by atoms with Gasteiger partial charge >= 0.3 is 18.2 Å². The fraction of sp³-hybridized carbons (Fsp3) is 0.325. The van der Waals surface area contributed by atoms with Gasteiger partial charge in [-0.05, 0) is 79.0 Å². The van der Waals surface area contributed by atoms with Crippen LogP contribution in [-0.4, -0.2) is 103 Å². The predicted octanol–water partition coefficient (Wildman–Crippen LogP) is 6.07. The quantitative estimate of drug-likeness (QED) is 0.166. The third-order valence-corrected chi connectivity index (χ3v) is 11.4. The van der Waals surface area contributed by atoms with Gasteiger partial charge in [-0.25, -0.2) is 18.0 Å². The lowest BCUT2D eigenvalue weighted by molar-refractivity contribution is -0.192. The van der Waals surface area contributed by atoms with Crippen molar-refractivity contribution < 1.29 is 45.8 Å². The van der Waals surface area contributed by atoms with Crippen molar-refractivity contribution in [3.05, 3.63) is 115 Å². The van der Waals surface area contributed by atoms with Crippen LogP contribution < -0.4 is 15.4 Å². The number of sulfonamides is 1. The number of ether oxygens (including phenoxy) is 1. The first kappa shape index (κ1) is 41.7. The number of carboxylic acid groups (broad SMARTS) is 1. The van der Waals surface area contributed by atoms with Crippen LogP contribution in [0.2, 0.25) is 0 Å². The molecular formula is C40H44F3N5O7S. The molecule has 0 aromatic heterocycles. The lowest BCUT2D eigenvalue weighted by Gasteiger charge is -2.39. The Morgan fingerprint density at radius 1 is 0.839 bits per heavy atom. The number of alkyl halides is 3. The van der Waals surface area contributed by atoms with Crippen molar-refractivity contribution >= 4 is 33.6 Å². The van der Waals surface area contributed by atoms with Gasteiger partial charge in [-0.1, -0.05) is 79.7 Å². The van der Waals surface area contributed by atoms with E-state index in [1.165, 1.54) is 9.21 Å². The lowest BCUT2D eigenvalue weighted by atomic mass is 10.1. The number of rotatable bonds is 11. The largest absolute Gasteiger partial charge is 0.490 e. The van der Waals surface area contributed by atoms with E-state index in [9.17, 15) is 31.2 Å². The number of piperazine rings is 1. The van der Waals surface area contributed by atoms with E-state index in [4.69, 9.17) is 14.6 Å². The Bertz CT molecular complexity index is 2020. The van der Waals surface area contributed by atoms with Gasteiger partial charge in [0.2, 0.25) is 15.9 Å². The van der Waals surface area contributed by atoms with Gasteiger partial charge in [-0.3, -0.25) is 9.69 Å². The number of urea groups is 1. The van der Waals surface area contributed by atoms with Crippen LogP contribution in [-0.2, 0) is 26.2 Å². The monoisotopic (exact) mass is 795 g/mol. The first-order valence-electron chi connectivity index (χ1n) is 18.1. The number of hydrogen-bond acceptors (Lipinski definition) is 7. The Morgan fingerprint density at radius 2 is 1.45 bits per heavy atom. The Kier molecular flexibility index (Phi) is 14.1. The topological polar surface area (TPSA) is 149 Å². The van der Waals surface area contributed by atoms with Crippen LogP contribution in [0.15, 0.2) is 114 Å². The van der Waals surface area contributed by atoms with E-state index in [1.54, 1.807) is 48.5 Å². The number of aliphatic carboxylic acids is 1. The second kappa shape index (κ2) is 18.9. The molecule has 2 aliphatic heterocycles. The van der Waals surface area contributed by atoms with Crippen molar-refractivity contribution in [3.8, 4) is 16.9 Å². The molecule has 6 rings (SSSR count). The summed E-state index contributed by atoms with van der Waals surface area (Å²) in [6.45, 7) is 4.84. The Morgan fingerprint density at radius 3 is 2.05 bits per heavy atom. The Hall–Kier alpha value is -5.45. The van der Waals surface area contributed by atoms with Crippen molar-refractivity contribution in [3.63, 3.8) is 0 Å². The van der Waals surface area contributed by atoms with Gasteiger partial charge in [-0.15, -0.1) is 0 Å². The van der Waals surface area contributed by atoms with E-state index in [0.717, 1.165) is 42.6 Å². The number of carbonyl (C=O) groups excluding carboxylic acids is 2. The van der Waals surface area contributed by atoms with E-state index >= 15 is 0 Å². The summed E-state index contributed by atoms with van der Waals surface area (Å²) in [6, 6.07) is 32.1. The second-order valence-electron chi connectivity index (χ2n) is 13.2. The highest BCUT2D eigenvalue weighted by Crippen LogP contribution is 2.27. The predicted molar refractivity (Wildman–Crippen MR) is 204 cm³/mol. The maximum Gasteiger partial charge on any atom is 0.490 e. The zero-order chi connectivity index (χ0) is 40.3. The molecule has 2 atom stereocenters. The second-order valence-corrected chi connectivity index (χ2v) is 15.1. The van der Waals surface area contributed by atoms with Crippen molar-refractivity contribution in [2.45, 2.75) is 49.5 Å². The summed E-state index contributed by atoms with van der Waals surface area (Å²) in [6.07, 6.45) is -3.05. The zero-order valence-corrected chi connectivity index (χ0v) is 31.5. The molecule has 2 saturated heterocycles. The molecule has 0 unspecified atom stereocenters. The van der Waals surface area contributed by atoms with E-state index in [-0.39, 0.29) is 30.6 Å². The summed E-state index contributed by atoms with van der Waals surface area (Å²) in [5.74, 6) is -2.50. The summed E-state index contributed by atoms with van der Waals surface area (Å²) >= 11 is 0. The molecule has 4 aromatic rings. The number of benzene rings is 4. The molecule has 3 amide bonds. The van der Waals surface area contributed by atoms with E-state index in [2.05, 4.69) is 22.5 Å². The minimum absolute atomic E-state index is 0.0228. The van der Waals surface area contributed by atoms with Crippen LogP contribution in [0.4, 0.5) is 23.7 Å². The molecule has 0 saturated carbocycles. The molecule has 2 aliphatic rings. The van der Waals surface area contributed by atoms with E-state index in [0.29, 0.717) is 24.6 Å². The Balaban J connectivity index is 0.000000784. The molecule has 4 aromatic carbocycles. The molecule has 2 heterocycles. The maximum absolute atomic E-state index is 14.1. The summed E-state index contributed by atoms with van der Waals surface area (Å²) in [5, 5.41) is 13.0. The summed E-state index contributed by atoms with van der Waals surface area (Å²) in [5.41, 5.74) is 3.48. The molecular weight excluding hydrogens is 752 g/mol. The summed E-state index contributed by atoms with van der Waals surface area (Å²) in [7, 11) is -4.06. The van der Waals surface area contributed by atoms with Crippen LogP contribution in [0.3, 0.4) is 0 Å². The normalized spacial score (nSPS) is 17.7. The minimum atomic E-state index is -5.08. The average molecular weight is 796 g/mol. The molecule has 3 N–H and O–H groups in total. The molecule has 56 heavy (non-hydrogen) atoms. The molecule has 0 spiro atoms. The SMILES string of the molecule is CCN1CCC[C@@H]1CNC(=O)[C@H]1CN(C(=O)Nc2ccc(OCc3ccccc3)cc2)CCN1S(=O)(=O)c1ccc(-c2ccccc2)cc1.O=C(O)C(F)(F)F. The molecule has 2 fully saturated rings. The smallest absolute Gasteiger partial charge is 0.489 e. The fourth-order valence-electron chi connectivity index (χ4n) is 6.49. The number of nitrogens with zero attached hydrogens (tertiary/aromatic N) is 3. The van der Waals surface area contributed by atoms with Gasteiger partial charge in [0, 0.05) is 37.9 Å². The molecule has 0 radical (unpaired) electrons. The van der Waals surface area contributed by atoms with Crippen LogP contribution >= 0.6 is 0 Å². The highest BCUT2D eigenvalue weighted by Gasteiger charge is 2.42. The molecule has 12 nitrogen and oxygen atoms in total. The van der Waals surface area contributed by atoms with Crippen LogP contribution in [0, 0.1) is 0 Å². The van der Waals surface area contributed by atoms with Crippen LogP contribution in [0.25, 0.3) is 11.1 Å². The van der Waals surface area contributed by atoms with Crippen molar-refractivity contribution in [2.75, 3.05) is 44.6 Å². The van der Waals surface area contributed by atoms with Gasteiger partial charge < -0.3 is 25.4 Å². The maximum atomic E-state index is 14.1. The first-order valence-corrected chi connectivity index (χ1v) is 19.5. The number of carbonyl (C=O) groups is 3. The van der Waals surface area contributed by atoms with Crippen molar-refractivity contribution in [1.29, 1.82) is 0 Å². The van der Waals surface area contributed by atoms with E-state index < -0.39 is 40.1 Å². The lowest BCUT2D eigenvalue weighted by Crippen LogP contribution is -2.62. The van der Waals surface area contributed by atoms with Crippen LogP contribution in [0.5, 0.6) is 5.75 Å². The van der Waals surface area contributed by atoms with Gasteiger partial charge in [-0.2, -0.15) is 17.5 Å². The highest BCUT2D eigenvalue weighted by molar-refractivity contribution is 7.89. The first-order chi connectivity index (χ1) is 26.8. The van der Waals surface area contributed by atoms with Crippen molar-refractivity contribution in [2.24, 2.45) is 0 Å². The summed E-state index contributed by atoms with van der Waals surface area (Å²) in [4.78, 5) is 40.1. The standard InChI is InChI=1S/C38H43N5O5S.C2HF3O2/c1-2-41-23-9-14-33(41)26-39-37(44)36-27-42(38(45)40-32-17-19-34(20-18-32)48-28-29-10-5-3-6-11-29)24-25-43(36)49(46,47)35-21-15-31(16-22-35)30-12-7-4-8-13-30;3-2(4,5)1(6)7/h3-8,10-13,15-22,33,36H,2,9,14,23-28H2,1H3,(H,39,44)(H,40,45);(H,6,7)/t33-,36-;/m1./s1. The fourth-order valence-corrected chi connectivity index (χ4v) is 8.06. The molecule has 16 heteroatoms.